The highest BCUT2D eigenvalue weighted by atomic mass is 16.5. The average molecular weight is 358 g/mol. The number of rotatable bonds is 3. The maximum absolute atomic E-state index is 13.1. The molecule has 1 aromatic rings. The van der Waals surface area contributed by atoms with E-state index in [1.54, 1.807) is 0 Å². The zero-order valence-corrected chi connectivity index (χ0v) is 16.0. The maximum atomic E-state index is 13.1. The number of carbonyl (C=O) groups is 1. The Kier molecular flexibility index (Phi) is 3.73. The first-order valence-electron chi connectivity index (χ1n) is 10.1. The number of hydrogen-bond donors (Lipinski definition) is 0. The van der Waals surface area contributed by atoms with Crippen molar-refractivity contribution in [1.29, 1.82) is 0 Å². The molecule has 1 aromatic heterocycles. The molecule has 3 aliphatic heterocycles. The quantitative estimate of drug-likeness (QED) is 0.824. The van der Waals surface area contributed by atoms with E-state index in [0.717, 1.165) is 65.3 Å². The second-order valence-corrected chi connectivity index (χ2v) is 9.50. The number of aryl methyl sites for hydroxylation is 2. The molecule has 6 nitrogen and oxygen atoms in total. The van der Waals surface area contributed by atoms with Gasteiger partial charge in [-0.25, -0.2) is 0 Å². The molecule has 0 unspecified atom stereocenters. The van der Waals surface area contributed by atoms with E-state index in [-0.39, 0.29) is 11.3 Å². The molecule has 2 saturated heterocycles. The minimum atomic E-state index is 0.137. The zero-order valence-electron chi connectivity index (χ0n) is 16.0. The molecule has 5 rings (SSSR count). The molecule has 6 heteroatoms. The van der Waals surface area contributed by atoms with Crippen LogP contribution in [0.2, 0.25) is 0 Å². The lowest BCUT2D eigenvalue weighted by Crippen LogP contribution is -2.59. The summed E-state index contributed by atoms with van der Waals surface area (Å²) in [5.41, 5.74) is 2.47. The van der Waals surface area contributed by atoms with Crippen LogP contribution in [-0.4, -0.2) is 71.4 Å². The summed E-state index contributed by atoms with van der Waals surface area (Å²) in [5.74, 6) is 0.731. The van der Waals surface area contributed by atoms with Gasteiger partial charge in [-0.3, -0.25) is 14.4 Å². The van der Waals surface area contributed by atoms with Gasteiger partial charge in [0.25, 0.3) is 5.91 Å². The molecule has 1 amide bonds. The molecule has 1 saturated carbocycles. The van der Waals surface area contributed by atoms with Crippen molar-refractivity contribution in [3.8, 4) is 0 Å². The Balaban J connectivity index is 1.34. The van der Waals surface area contributed by atoms with Crippen molar-refractivity contribution in [2.24, 2.45) is 16.7 Å². The lowest BCUT2D eigenvalue weighted by molar-refractivity contribution is -0.0966. The molecule has 0 spiro atoms. The number of likely N-dealkylation sites (tertiary alicyclic amines) is 1. The number of hydrogen-bond acceptors (Lipinski definition) is 4. The summed E-state index contributed by atoms with van der Waals surface area (Å²) in [6, 6.07) is 2.02. The molecule has 4 aliphatic rings. The summed E-state index contributed by atoms with van der Waals surface area (Å²) in [6.07, 6.45) is 3.42. The van der Waals surface area contributed by atoms with Crippen LogP contribution in [0.25, 0.3) is 0 Å². The lowest BCUT2D eigenvalue weighted by atomic mass is 9.48. The molecule has 0 bridgehead atoms. The van der Waals surface area contributed by atoms with Gasteiger partial charge in [-0.05, 0) is 36.7 Å². The first-order chi connectivity index (χ1) is 12.5. The Morgan fingerprint density at radius 3 is 2.85 bits per heavy atom. The fourth-order valence-corrected chi connectivity index (χ4v) is 6.23. The number of carbonyl (C=O) groups excluding carboxylic acids is 1. The van der Waals surface area contributed by atoms with E-state index >= 15 is 0 Å². The van der Waals surface area contributed by atoms with Gasteiger partial charge in [-0.1, -0.05) is 13.8 Å². The first-order valence-corrected chi connectivity index (χ1v) is 10.1. The van der Waals surface area contributed by atoms with Crippen molar-refractivity contribution in [3.63, 3.8) is 0 Å². The SMILES string of the molecule is CC1(C)C[C@]2(CN3CCOCC3)CN(C(=O)c3cc4n(n3)CCC4)C[C@H]12. The van der Waals surface area contributed by atoms with E-state index in [1.807, 2.05) is 10.7 Å². The van der Waals surface area contributed by atoms with E-state index in [2.05, 4.69) is 28.7 Å². The van der Waals surface area contributed by atoms with Crippen LogP contribution in [0.4, 0.5) is 0 Å². The molecule has 0 radical (unpaired) electrons. The van der Waals surface area contributed by atoms with Crippen LogP contribution < -0.4 is 0 Å². The largest absolute Gasteiger partial charge is 0.379 e. The maximum Gasteiger partial charge on any atom is 0.274 e. The lowest BCUT2D eigenvalue weighted by Gasteiger charge is -2.58. The van der Waals surface area contributed by atoms with Gasteiger partial charge in [0.1, 0.15) is 0 Å². The van der Waals surface area contributed by atoms with Crippen molar-refractivity contribution >= 4 is 5.91 Å². The number of nitrogens with zero attached hydrogens (tertiary/aromatic N) is 4. The Bertz CT molecular complexity index is 700. The summed E-state index contributed by atoms with van der Waals surface area (Å²) in [6.45, 7) is 12.3. The topological polar surface area (TPSA) is 50.6 Å². The predicted octanol–water partition coefficient (Wildman–Crippen LogP) is 1.65. The average Bonchev–Trinajstić information content (AvgIpc) is 3.27. The van der Waals surface area contributed by atoms with Crippen molar-refractivity contribution in [2.75, 3.05) is 45.9 Å². The molecule has 26 heavy (non-hydrogen) atoms. The van der Waals surface area contributed by atoms with Gasteiger partial charge in [0.2, 0.25) is 0 Å². The molecule has 142 valence electrons. The van der Waals surface area contributed by atoms with E-state index in [9.17, 15) is 4.79 Å². The number of aromatic nitrogens is 2. The standard InChI is InChI=1S/C20H30N4O2/c1-19(2)12-20(13-22-6-8-26-9-7-22)14-23(11-17(19)20)18(25)16-10-15-4-3-5-24(15)21-16/h10,17H,3-9,11-14H2,1-2H3/t17-,20+/m1/s1. The highest BCUT2D eigenvalue weighted by Crippen LogP contribution is 2.63. The highest BCUT2D eigenvalue weighted by molar-refractivity contribution is 5.92. The highest BCUT2D eigenvalue weighted by Gasteiger charge is 2.63. The summed E-state index contributed by atoms with van der Waals surface area (Å²) in [4.78, 5) is 17.8. The van der Waals surface area contributed by atoms with Crippen LogP contribution in [0.3, 0.4) is 0 Å². The smallest absolute Gasteiger partial charge is 0.274 e. The van der Waals surface area contributed by atoms with Crippen molar-refractivity contribution in [1.82, 2.24) is 19.6 Å². The molecule has 3 fully saturated rings. The van der Waals surface area contributed by atoms with E-state index < -0.39 is 0 Å². The zero-order chi connectivity index (χ0) is 17.9. The van der Waals surface area contributed by atoms with Gasteiger partial charge in [-0.2, -0.15) is 5.10 Å². The fourth-order valence-electron chi connectivity index (χ4n) is 6.23. The molecule has 4 heterocycles. The summed E-state index contributed by atoms with van der Waals surface area (Å²) >= 11 is 0. The molecule has 0 N–H and O–H groups in total. The van der Waals surface area contributed by atoms with Gasteiger partial charge in [0, 0.05) is 50.4 Å². The monoisotopic (exact) mass is 358 g/mol. The van der Waals surface area contributed by atoms with Gasteiger partial charge in [-0.15, -0.1) is 0 Å². The molecule has 2 atom stereocenters. The minimum Gasteiger partial charge on any atom is -0.379 e. The van der Waals surface area contributed by atoms with Crippen molar-refractivity contribution < 1.29 is 9.53 Å². The molecule has 1 aliphatic carbocycles. The van der Waals surface area contributed by atoms with E-state index in [1.165, 1.54) is 12.1 Å². The first kappa shape index (κ1) is 16.8. The van der Waals surface area contributed by atoms with Crippen LogP contribution >= 0.6 is 0 Å². The fraction of sp³-hybridized carbons (Fsp3) is 0.800. The van der Waals surface area contributed by atoms with Crippen molar-refractivity contribution in [3.05, 3.63) is 17.5 Å². The van der Waals surface area contributed by atoms with Crippen LogP contribution in [0.15, 0.2) is 6.07 Å². The van der Waals surface area contributed by atoms with Gasteiger partial charge in [0.05, 0.1) is 13.2 Å². The Labute approximate surface area is 155 Å². The Morgan fingerprint density at radius 1 is 1.31 bits per heavy atom. The predicted molar refractivity (Wildman–Crippen MR) is 98.0 cm³/mol. The van der Waals surface area contributed by atoms with E-state index in [4.69, 9.17) is 4.74 Å². The Hall–Kier alpha value is -1.40. The van der Waals surface area contributed by atoms with Crippen LogP contribution in [-0.2, 0) is 17.7 Å². The minimum absolute atomic E-state index is 0.137. The molecular weight excluding hydrogens is 328 g/mol. The van der Waals surface area contributed by atoms with Crippen LogP contribution in [0, 0.1) is 16.7 Å². The summed E-state index contributed by atoms with van der Waals surface area (Å²) in [7, 11) is 0. The van der Waals surface area contributed by atoms with Gasteiger partial charge in [0.15, 0.2) is 5.69 Å². The number of morpholine rings is 1. The number of fused-ring (bicyclic) bond motifs is 2. The third-order valence-electron chi connectivity index (χ3n) is 7.21. The Morgan fingerprint density at radius 2 is 2.12 bits per heavy atom. The number of amides is 1. The number of ether oxygens (including phenoxy) is 1. The third-order valence-corrected chi connectivity index (χ3v) is 7.21. The van der Waals surface area contributed by atoms with E-state index in [0.29, 0.717) is 17.0 Å². The van der Waals surface area contributed by atoms with Crippen molar-refractivity contribution in [2.45, 2.75) is 39.7 Å². The summed E-state index contributed by atoms with van der Waals surface area (Å²) in [5, 5.41) is 4.58. The summed E-state index contributed by atoms with van der Waals surface area (Å²) < 4.78 is 7.53. The second-order valence-electron chi connectivity index (χ2n) is 9.50. The molecular formula is C20H30N4O2. The van der Waals surface area contributed by atoms with Gasteiger partial charge >= 0.3 is 0 Å². The second kappa shape index (κ2) is 5.80. The molecule has 0 aromatic carbocycles. The van der Waals surface area contributed by atoms with Crippen LogP contribution in [0.1, 0.15) is 42.9 Å². The van der Waals surface area contributed by atoms with Gasteiger partial charge < -0.3 is 9.64 Å². The third kappa shape index (κ3) is 2.53. The van der Waals surface area contributed by atoms with Crippen LogP contribution in [0.5, 0.6) is 0 Å². The normalized spacial score (nSPS) is 33.0.